The van der Waals surface area contributed by atoms with Crippen LogP contribution in [0.1, 0.15) is 10.4 Å². The molecule has 0 spiro atoms. The maximum absolute atomic E-state index is 13.7. The van der Waals surface area contributed by atoms with E-state index < -0.39 is 22.4 Å². The van der Waals surface area contributed by atoms with E-state index in [1.807, 2.05) is 0 Å². The van der Waals surface area contributed by atoms with Crippen molar-refractivity contribution in [2.24, 2.45) is 0 Å². The molecule has 21 heavy (non-hydrogen) atoms. The van der Waals surface area contributed by atoms with Gasteiger partial charge in [-0.15, -0.1) is 0 Å². The highest BCUT2D eigenvalue weighted by atomic mass is 19.1. The van der Waals surface area contributed by atoms with E-state index in [1.54, 1.807) is 0 Å². The lowest BCUT2D eigenvalue weighted by molar-refractivity contribution is -0.384. The second-order valence-electron chi connectivity index (χ2n) is 4.07. The monoisotopic (exact) mass is 291 g/mol. The van der Waals surface area contributed by atoms with Crippen LogP contribution >= 0.6 is 0 Å². The minimum absolute atomic E-state index is 0.122. The molecule has 0 fully saturated rings. The number of nitrogens with zero attached hydrogens (tertiary/aromatic N) is 2. The SMILES string of the molecule is COC(=O)c1cc(-c2ccncc2F)cc(N)c1[N+](=O)[O-]. The van der Waals surface area contributed by atoms with Gasteiger partial charge in [-0.2, -0.15) is 0 Å². The number of nitro benzene ring substituents is 1. The molecule has 1 heterocycles. The average Bonchev–Trinajstić information content (AvgIpc) is 2.45. The molecule has 2 N–H and O–H groups in total. The first kappa shape index (κ1) is 14.4. The van der Waals surface area contributed by atoms with Gasteiger partial charge in [0.1, 0.15) is 17.1 Å². The summed E-state index contributed by atoms with van der Waals surface area (Å²) in [7, 11) is 1.09. The largest absolute Gasteiger partial charge is 0.465 e. The van der Waals surface area contributed by atoms with Gasteiger partial charge in [-0.25, -0.2) is 9.18 Å². The molecule has 108 valence electrons. The Morgan fingerprint density at radius 2 is 2.19 bits per heavy atom. The Labute approximate surface area is 118 Å². The number of esters is 1. The summed E-state index contributed by atoms with van der Waals surface area (Å²) in [6.45, 7) is 0. The first-order valence-electron chi connectivity index (χ1n) is 5.71. The molecule has 0 atom stereocenters. The van der Waals surface area contributed by atoms with Crippen LogP contribution in [0.15, 0.2) is 30.6 Å². The predicted octanol–water partition coefficient (Wildman–Crippen LogP) is 2.16. The third-order valence-corrected chi connectivity index (χ3v) is 2.81. The number of anilines is 1. The van der Waals surface area contributed by atoms with E-state index in [1.165, 1.54) is 24.4 Å². The number of hydrogen-bond donors (Lipinski definition) is 1. The first-order chi connectivity index (χ1) is 9.95. The summed E-state index contributed by atoms with van der Waals surface area (Å²) in [5.41, 5.74) is 4.79. The molecule has 0 aliphatic heterocycles. The molecule has 0 aliphatic rings. The van der Waals surface area contributed by atoms with Crippen LogP contribution < -0.4 is 5.73 Å². The second-order valence-corrected chi connectivity index (χ2v) is 4.07. The normalized spacial score (nSPS) is 10.2. The number of aromatic nitrogens is 1. The van der Waals surface area contributed by atoms with Gasteiger partial charge in [-0.1, -0.05) is 0 Å². The summed E-state index contributed by atoms with van der Waals surface area (Å²) in [6.07, 6.45) is 2.35. The van der Waals surface area contributed by atoms with Crippen LogP contribution in [0.5, 0.6) is 0 Å². The van der Waals surface area contributed by atoms with E-state index in [-0.39, 0.29) is 22.4 Å². The number of methoxy groups -OCH3 is 1. The number of pyridine rings is 1. The van der Waals surface area contributed by atoms with E-state index in [4.69, 9.17) is 5.73 Å². The molecule has 0 aliphatic carbocycles. The van der Waals surface area contributed by atoms with Gasteiger partial charge in [-0.05, 0) is 23.8 Å². The van der Waals surface area contributed by atoms with Crippen LogP contribution in [0, 0.1) is 15.9 Å². The third kappa shape index (κ3) is 2.64. The molecule has 0 amide bonds. The second kappa shape index (κ2) is 5.53. The molecule has 0 saturated heterocycles. The molecule has 0 radical (unpaired) electrons. The Morgan fingerprint density at radius 1 is 1.48 bits per heavy atom. The quantitative estimate of drug-likeness (QED) is 0.402. The van der Waals surface area contributed by atoms with Crippen molar-refractivity contribution in [3.63, 3.8) is 0 Å². The topological polar surface area (TPSA) is 108 Å². The number of halogens is 1. The molecule has 8 heteroatoms. The third-order valence-electron chi connectivity index (χ3n) is 2.81. The van der Waals surface area contributed by atoms with E-state index in [0.29, 0.717) is 0 Å². The summed E-state index contributed by atoms with van der Waals surface area (Å²) < 4.78 is 18.2. The number of ether oxygens (including phenoxy) is 1. The minimum atomic E-state index is -0.926. The Balaban J connectivity index is 2.72. The summed E-state index contributed by atoms with van der Waals surface area (Å²) in [6, 6.07) is 3.76. The number of carbonyl (C=O) groups excluding carboxylic acids is 1. The Morgan fingerprint density at radius 3 is 2.76 bits per heavy atom. The van der Waals surface area contributed by atoms with Crippen LogP contribution in [0.3, 0.4) is 0 Å². The fraction of sp³-hybridized carbons (Fsp3) is 0.0769. The molecule has 0 saturated carbocycles. The lowest BCUT2D eigenvalue weighted by atomic mass is 10.0. The number of hydrogen-bond acceptors (Lipinski definition) is 6. The molecule has 1 aromatic carbocycles. The Kier molecular flexibility index (Phi) is 3.79. The van der Waals surface area contributed by atoms with E-state index in [9.17, 15) is 19.3 Å². The zero-order chi connectivity index (χ0) is 15.6. The zero-order valence-corrected chi connectivity index (χ0v) is 10.9. The van der Waals surface area contributed by atoms with Gasteiger partial charge in [0.15, 0.2) is 0 Å². The van der Waals surface area contributed by atoms with Crippen molar-refractivity contribution in [3.05, 3.63) is 52.1 Å². The smallest absolute Gasteiger partial charge is 0.344 e. The summed E-state index contributed by atoms with van der Waals surface area (Å²) >= 11 is 0. The van der Waals surface area contributed by atoms with Crippen molar-refractivity contribution in [1.29, 1.82) is 0 Å². The summed E-state index contributed by atoms with van der Waals surface area (Å²) in [4.78, 5) is 25.5. The highest BCUT2D eigenvalue weighted by Gasteiger charge is 2.26. The highest BCUT2D eigenvalue weighted by molar-refractivity contribution is 5.98. The standard InChI is InChI=1S/C13H10FN3O4/c1-21-13(18)9-4-7(5-11(15)12(9)17(19)20)8-2-3-16-6-10(8)14/h2-6H,15H2,1H3. The van der Waals surface area contributed by atoms with Gasteiger partial charge < -0.3 is 10.5 Å². The molecule has 7 nitrogen and oxygen atoms in total. The molecular weight excluding hydrogens is 281 g/mol. The van der Waals surface area contributed by atoms with Crippen molar-refractivity contribution in [2.75, 3.05) is 12.8 Å². The van der Waals surface area contributed by atoms with Crippen LogP contribution in [0.2, 0.25) is 0 Å². The van der Waals surface area contributed by atoms with Gasteiger partial charge in [0, 0.05) is 11.8 Å². The average molecular weight is 291 g/mol. The minimum Gasteiger partial charge on any atom is -0.465 e. The zero-order valence-electron chi connectivity index (χ0n) is 10.9. The molecule has 2 rings (SSSR count). The lowest BCUT2D eigenvalue weighted by Crippen LogP contribution is -2.08. The number of benzene rings is 1. The van der Waals surface area contributed by atoms with Gasteiger partial charge in [0.2, 0.25) is 0 Å². The first-order valence-corrected chi connectivity index (χ1v) is 5.71. The van der Waals surface area contributed by atoms with Gasteiger partial charge in [0.05, 0.1) is 18.2 Å². The van der Waals surface area contributed by atoms with Crippen LogP contribution in [0.25, 0.3) is 11.1 Å². The van der Waals surface area contributed by atoms with Crippen molar-refractivity contribution in [2.45, 2.75) is 0 Å². The maximum Gasteiger partial charge on any atom is 0.344 e. The molecule has 0 bridgehead atoms. The predicted molar refractivity (Wildman–Crippen MR) is 72.0 cm³/mol. The van der Waals surface area contributed by atoms with Crippen LogP contribution in [-0.4, -0.2) is 23.0 Å². The van der Waals surface area contributed by atoms with E-state index in [2.05, 4.69) is 9.72 Å². The lowest BCUT2D eigenvalue weighted by Gasteiger charge is -2.08. The van der Waals surface area contributed by atoms with Crippen molar-refractivity contribution in [1.82, 2.24) is 4.98 Å². The number of nitro groups is 1. The Bertz CT molecular complexity index is 733. The fourth-order valence-corrected chi connectivity index (χ4v) is 1.89. The van der Waals surface area contributed by atoms with E-state index in [0.717, 1.165) is 13.3 Å². The van der Waals surface area contributed by atoms with Crippen LogP contribution in [0.4, 0.5) is 15.8 Å². The molecular formula is C13H10FN3O4. The number of nitrogen functional groups attached to an aromatic ring is 1. The van der Waals surface area contributed by atoms with Crippen molar-refractivity contribution in [3.8, 4) is 11.1 Å². The molecule has 0 unspecified atom stereocenters. The maximum atomic E-state index is 13.7. The van der Waals surface area contributed by atoms with Gasteiger partial charge in [0.25, 0.3) is 0 Å². The summed E-state index contributed by atoms with van der Waals surface area (Å²) in [5, 5.41) is 11.0. The molecule has 2 aromatic rings. The Hall–Kier alpha value is -3.03. The summed E-state index contributed by atoms with van der Waals surface area (Å²) in [5.74, 6) is -1.56. The van der Waals surface area contributed by atoms with Gasteiger partial charge in [-0.3, -0.25) is 15.1 Å². The van der Waals surface area contributed by atoms with Crippen molar-refractivity contribution < 1.29 is 18.8 Å². The van der Waals surface area contributed by atoms with E-state index >= 15 is 0 Å². The number of carbonyl (C=O) groups is 1. The number of nitrogens with two attached hydrogens (primary N) is 1. The van der Waals surface area contributed by atoms with Crippen molar-refractivity contribution >= 4 is 17.3 Å². The number of rotatable bonds is 3. The highest BCUT2D eigenvalue weighted by Crippen LogP contribution is 2.33. The van der Waals surface area contributed by atoms with Crippen LogP contribution in [-0.2, 0) is 4.74 Å². The van der Waals surface area contributed by atoms with Gasteiger partial charge >= 0.3 is 11.7 Å². The fourth-order valence-electron chi connectivity index (χ4n) is 1.89. The molecule has 1 aromatic heterocycles.